The fraction of sp³-hybridized carbons (Fsp3) is 0.333. The van der Waals surface area contributed by atoms with Gasteiger partial charge in [0.15, 0.2) is 5.69 Å². The molecule has 1 fully saturated rings. The summed E-state index contributed by atoms with van der Waals surface area (Å²) in [6, 6.07) is 9.15. The van der Waals surface area contributed by atoms with Gasteiger partial charge in [0.2, 0.25) is 5.91 Å². The van der Waals surface area contributed by atoms with E-state index in [4.69, 9.17) is 25.4 Å². The van der Waals surface area contributed by atoms with Gasteiger partial charge in [-0.05, 0) is 54.2 Å². The maximum Gasteiger partial charge on any atom is 0.270 e. The third kappa shape index (κ3) is 5.50. The minimum Gasteiger partial charge on any atom is -0.497 e. The Morgan fingerprint density at radius 1 is 1.28 bits per heavy atom. The Labute approximate surface area is 211 Å². The molecule has 2 atom stereocenters. The number of nitrogen functional groups attached to an aromatic ring is 1. The molecule has 0 unspecified atom stereocenters. The first kappa shape index (κ1) is 25.2. The van der Waals surface area contributed by atoms with Gasteiger partial charge in [0.05, 0.1) is 31.7 Å². The molecule has 11 nitrogen and oxygen atoms in total. The molecule has 36 heavy (non-hydrogen) atoms. The molecule has 0 aliphatic carbocycles. The first-order valence-electron chi connectivity index (χ1n) is 11.3. The zero-order valence-electron chi connectivity index (χ0n) is 19.6. The number of furan rings is 1. The zero-order chi connectivity index (χ0) is 25.7. The quantitative estimate of drug-likeness (QED) is 0.371. The molecule has 5 N–H and O–H groups in total. The Kier molecular flexibility index (Phi) is 7.86. The van der Waals surface area contributed by atoms with E-state index in [0.717, 1.165) is 24.4 Å². The van der Waals surface area contributed by atoms with Gasteiger partial charge in [-0.1, -0.05) is 12.1 Å². The number of benzene rings is 1. The van der Waals surface area contributed by atoms with Crippen LogP contribution in [0.1, 0.15) is 50.4 Å². The lowest BCUT2D eigenvalue weighted by Crippen LogP contribution is -2.45. The Morgan fingerprint density at radius 3 is 2.64 bits per heavy atom. The number of carbonyl (C=O) groups excluding carboxylic acids is 3. The van der Waals surface area contributed by atoms with Crippen molar-refractivity contribution < 1.29 is 28.3 Å². The molecule has 1 aliphatic rings. The van der Waals surface area contributed by atoms with Gasteiger partial charge in [-0.3, -0.25) is 14.4 Å². The van der Waals surface area contributed by atoms with Crippen molar-refractivity contribution in [2.75, 3.05) is 26.0 Å². The Morgan fingerprint density at radius 2 is 2.06 bits per heavy atom. The van der Waals surface area contributed by atoms with Crippen LogP contribution in [0.2, 0.25) is 0 Å². The summed E-state index contributed by atoms with van der Waals surface area (Å²) >= 11 is 0.748. The number of nitrogens with one attached hydrogen (secondary N) is 1. The number of carbonyl (C=O) groups is 3. The lowest BCUT2D eigenvalue weighted by molar-refractivity contribution is -0.126. The van der Waals surface area contributed by atoms with Crippen LogP contribution in [0.3, 0.4) is 0 Å². The van der Waals surface area contributed by atoms with E-state index in [9.17, 15) is 14.4 Å². The molecule has 0 saturated carbocycles. The van der Waals surface area contributed by atoms with Crippen LogP contribution in [0.25, 0.3) is 0 Å². The van der Waals surface area contributed by atoms with E-state index in [2.05, 4.69) is 9.69 Å². The molecule has 3 aromatic rings. The van der Waals surface area contributed by atoms with Gasteiger partial charge in [0.25, 0.3) is 11.8 Å². The van der Waals surface area contributed by atoms with Gasteiger partial charge in [-0.25, -0.2) is 0 Å². The monoisotopic (exact) mass is 513 g/mol. The average molecular weight is 514 g/mol. The lowest BCUT2D eigenvalue weighted by atomic mass is 10.0. The summed E-state index contributed by atoms with van der Waals surface area (Å²) in [5.41, 5.74) is 11.6. The van der Waals surface area contributed by atoms with Crippen molar-refractivity contribution in [3.63, 3.8) is 0 Å². The number of aromatic nitrogens is 1. The number of anilines is 1. The second-order valence-electron chi connectivity index (χ2n) is 8.21. The van der Waals surface area contributed by atoms with Crippen LogP contribution in [-0.2, 0) is 16.1 Å². The summed E-state index contributed by atoms with van der Waals surface area (Å²) in [6.07, 6.45) is 3.16. The minimum atomic E-state index is -1.06. The molecule has 1 saturated heterocycles. The van der Waals surface area contributed by atoms with Crippen molar-refractivity contribution in [2.45, 2.75) is 31.5 Å². The van der Waals surface area contributed by atoms with Crippen LogP contribution in [0, 0.1) is 0 Å². The molecule has 0 spiro atoms. The van der Waals surface area contributed by atoms with Gasteiger partial charge in [-0.15, -0.1) is 0 Å². The van der Waals surface area contributed by atoms with Gasteiger partial charge in [-0.2, -0.15) is 4.37 Å². The van der Waals surface area contributed by atoms with Crippen LogP contribution in [-0.4, -0.2) is 53.4 Å². The summed E-state index contributed by atoms with van der Waals surface area (Å²) in [4.78, 5) is 40.5. The van der Waals surface area contributed by atoms with Gasteiger partial charge < -0.3 is 35.6 Å². The van der Waals surface area contributed by atoms with E-state index in [-0.39, 0.29) is 28.9 Å². The summed E-state index contributed by atoms with van der Waals surface area (Å²) < 4.78 is 20.3. The molecular weight excluding hydrogens is 486 g/mol. The predicted octanol–water partition coefficient (Wildman–Crippen LogP) is 2.10. The van der Waals surface area contributed by atoms with Crippen molar-refractivity contribution in [1.82, 2.24) is 14.6 Å². The van der Waals surface area contributed by atoms with Crippen molar-refractivity contribution in [3.8, 4) is 5.75 Å². The van der Waals surface area contributed by atoms with Gasteiger partial charge in [0.1, 0.15) is 22.4 Å². The number of nitrogens with two attached hydrogens (primary N) is 2. The highest BCUT2D eigenvalue weighted by molar-refractivity contribution is 7.09. The lowest BCUT2D eigenvalue weighted by Gasteiger charge is -2.31. The summed E-state index contributed by atoms with van der Waals surface area (Å²) in [5, 5.41) is 2.92. The fourth-order valence-electron chi connectivity index (χ4n) is 3.99. The van der Waals surface area contributed by atoms with Crippen LogP contribution in [0.5, 0.6) is 5.75 Å². The average Bonchev–Trinajstić information content (AvgIpc) is 3.65. The highest BCUT2D eigenvalue weighted by atomic mass is 32.1. The number of ether oxygens (including phenoxy) is 2. The van der Waals surface area contributed by atoms with Crippen LogP contribution in [0.4, 0.5) is 5.69 Å². The largest absolute Gasteiger partial charge is 0.497 e. The molecule has 12 heteroatoms. The molecule has 0 bridgehead atoms. The Hall–Kier alpha value is -3.90. The Bertz CT molecular complexity index is 1200. The molecule has 3 amide bonds. The number of hydrogen-bond acceptors (Lipinski definition) is 9. The maximum absolute atomic E-state index is 13.8. The van der Waals surface area contributed by atoms with E-state index >= 15 is 0 Å². The predicted molar refractivity (Wildman–Crippen MR) is 131 cm³/mol. The SMILES string of the molecule is COc1ccc([C@H](C(=O)NC[C@H]2CCCO2)N(Cc2ccco2)C(=O)c2snc(C(N)=O)c2N)cc1. The number of rotatable bonds is 10. The van der Waals surface area contributed by atoms with E-state index in [1.807, 2.05) is 0 Å². The van der Waals surface area contributed by atoms with Crippen molar-refractivity contribution >= 4 is 34.9 Å². The van der Waals surface area contributed by atoms with Gasteiger partial charge >= 0.3 is 0 Å². The third-order valence-electron chi connectivity index (χ3n) is 5.84. The Balaban J connectivity index is 1.73. The van der Waals surface area contributed by atoms with E-state index in [1.54, 1.807) is 36.4 Å². The molecule has 190 valence electrons. The number of methoxy groups -OCH3 is 1. The van der Waals surface area contributed by atoms with E-state index < -0.39 is 23.8 Å². The molecule has 3 heterocycles. The van der Waals surface area contributed by atoms with E-state index in [0.29, 0.717) is 30.2 Å². The van der Waals surface area contributed by atoms with Crippen molar-refractivity contribution in [3.05, 3.63) is 64.6 Å². The second-order valence-corrected chi connectivity index (χ2v) is 8.98. The smallest absolute Gasteiger partial charge is 0.270 e. The summed E-state index contributed by atoms with van der Waals surface area (Å²) in [5.74, 6) is -0.803. The minimum absolute atomic E-state index is 0.000735. The molecule has 1 aliphatic heterocycles. The molecule has 0 radical (unpaired) electrons. The molecule has 1 aromatic carbocycles. The number of hydrogen-bond donors (Lipinski definition) is 3. The first-order chi connectivity index (χ1) is 17.4. The summed E-state index contributed by atoms with van der Waals surface area (Å²) in [7, 11) is 1.54. The standard InChI is InChI=1S/C24H27N5O6S/c1-33-15-8-6-14(7-9-15)20(23(31)27-12-16-4-2-10-34-16)29(13-17-5-3-11-35-17)24(32)21-18(25)19(22(26)30)28-36-21/h3,5-9,11,16,20H,2,4,10,12-13,25H2,1H3,(H2,26,30)(H,27,31)/t16-,20-/m1/s1. The highest BCUT2D eigenvalue weighted by Gasteiger charge is 2.36. The maximum atomic E-state index is 13.8. The van der Waals surface area contributed by atoms with Crippen LogP contribution >= 0.6 is 11.5 Å². The number of amides is 3. The summed E-state index contributed by atoms with van der Waals surface area (Å²) in [6.45, 7) is 0.917. The molecule has 2 aromatic heterocycles. The first-order valence-corrected chi connectivity index (χ1v) is 12.1. The normalized spacial score (nSPS) is 15.9. The molecule has 4 rings (SSSR count). The zero-order valence-corrected chi connectivity index (χ0v) is 20.5. The fourth-order valence-corrected chi connectivity index (χ4v) is 4.75. The highest BCUT2D eigenvalue weighted by Crippen LogP contribution is 2.31. The number of nitrogens with zero attached hydrogens (tertiary/aromatic N) is 2. The van der Waals surface area contributed by atoms with Crippen molar-refractivity contribution in [1.29, 1.82) is 0 Å². The van der Waals surface area contributed by atoms with Crippen LogP contribution in [0.15, 0.2) is 47.1 Å². The van der Waals surface area contributed by atoms with Crippen molar-refractivity contribution in [2.24, 2.45) is 5.73 Å². The van der Waals surface area contributed by atoms with Gasteiger partial charge in [0, 0.05) is 13.2 Å². The topological polar surface area (TPSA) is 163 Å². The number of primary amides is 1. The molecular formula is C24H27N5O6S. The third-order valence-corrected chi connectivity index (χ3v) is 6.69. The van der Waals surface area contributed by atoms with Crippen LogP contribution < -0.4 is 21.5 Å². The van der Waals surface area contributed by atoms with E-state index in [1.165, 1.54) is 18.3 Å². The second kappa shape index (κ2) is 11.2.